The summed E-state index contributed by atoms with van der Waals surface area (Å²) in [6.07, 6.45) is 6.33. The zero-order valence-electron chi connectivity index (χ0n) is 13.8. The first-order valence-corrected chi connectivity index (χ1v) is 7.48. The van der Waals surface area contributed by atoms with Gasteiger partial charge in [-0.15, -0.1) is 0 Å². The molecule has 0 aliphatic heterocycles. The molecule has 1 rings (SSSR count). The Morgan fingerprint density at radius 2 is 1.75 bits per heavy atom. The Kier molecular flexibility index (Phi) is 5.63. The molecular formula is C16H30N2O2. The fourth-order valence-corrected chi connectivity index (χ4v) is 2.18. The zero-order chi connectivity index (χ0) is 15.4. The third kappa shape index (κ3) is 5.95. The average Bonchev–Trinajstić information content (AvgIpc) is 2.72. The molecule has 1 amide bonds. The van der Waals surface area contributed by atoms with Gasteiger partial charge in [-0.3, -0.25) is 0 Å². The molecule has 0 atom stereocenters. The van der Waals surface area contributed by atoms with Crippen LogP contribution in [-0.2, 0) is 4.74 Å². The number of nitrogens with zero attached hydrogens (tertiary/aromatic N) is 1. The number of hydrogen-bond donors (Lipinski definition) is 1. The van der Waals surface area contributed by atoms with Crippen LogP contribution < -0.4 is 5.32 Å². The van der Waals surface area contributed by atoms with E-state index in [4.69, 9.17) is 4.74 Å². The monoisotopic (exact) mass is 282 g/mol. The maximum Gasteiger partial charge on any atom is 0.410 e. The second-order valence-corrected chi connectivity index (χ2v) is 7.40. The van der Waals surface area contributed by atoms with Gasteiger partial charge < -0.3 is 15.0 Å². The minimum Gasteiger partial charge on any atom is -0.444 e. The number of amides is 1. The number of carbonyl (C=O) groups is 1. The van der Waals surface area contributed by atoms with Gasteiger partial charge in [-0.05, 0) is 54.4 Å². The Morgan fingerprint density at radius 1 is 1.20 bits per heavy atom. The number of rotatable bonds is 4. The molecule has 0 radical (unpaired) electrons. The van der Waals surface area contributed by atoms with Gasteiger partial charge in [-0.1, -0.05) is 12.2 Å². The van der Waals surface area contributed by atoms with Crippen molar-refractivity contribution in [3.8, 4) is 0 Å². The number of hydrogen-bond acceptors (Lipinski definition) is 3. The van der Waals surface area contributed by atoms with E-state index in [2.05, 4.69) is 17.5 Å². The maximum atomic E-state index is 12.3. The van der Waals surface area contributed by atoms with Crippen LogP contribution in [0.1, 0.15) is 54.4 Å². The van der Waals surface area contributed by atoms with Crippen molar-refractivity contribution in [3.63, 3.8) is 0 Å². The van der Waals surface area contributed by atoms with Gasteiger partial charge in [0.05, 0.1) is 0 Å². The first kappa shape index (κ1) is 17.0. The fourth-order valence-electron chi connectivity index (χ4n) is 2.18. The van der Waals surface area contributed by atoms with Gasteiger partial charge in [0.2, 0.25) is 0 Å². The summed E-state index contributed by atoms with van der Waals surface area (Å²) in [5.74, 6) is 0. The van der Waals surface area contributed by atoms with Crippen molar-refractivity contribution in [1.29, 1.82) is 0 Å². The molecule has 0 saturated heterocycles. The van der Waals surface area contributed by atoms with Crippen LogP contribution in [-0.4, -0.2) is 41.3 Å². The van der Waals surface area contributed by atoms with E-state index < -0.39 is 5.60 Å². The summed E-state index contributed by atoms with van der Waals surface area (Å²) < 4.78 is 5.50. The summed E-state index contributed by atoms with van der Waals surface area (Å²) in [6, 6.07) is 0.524. The quantitative estimate of drug-likeness (QED) is 0.804. The fraction of sp³-hybridized carbons (Fsp3) is 0.812. The molecule has 20 heavy (non-hydrogen) atoms. The first-order chi connectivity index (χ1) is 9.09. The predicted molar refractivity (Wildman–Crippen MR) is 82.9 cm³/mol. The van der Waals surface area contributed by atoms with Crippen molar-refractivity contribution < 1.29 is 9.53 Å². The van der Waals surface area contributed by atoms with Crippen LogP contribution in [0, 0.1) is 0 Å². The molecular weight excluding hydrogens is 252 g/mol. The van der Waals surface area contributed by atoms with E-state index in [-0.39, 0.29) is 11.6 Å². The van der Waals surface area contributed by atoms with Gasteiger partial charge in [0.1, 0.15) is 5.60 Å². The van der Waals surface area contributed by atoms with E-state index in [0.717, 1.165) is 19.4 Å². The van der Waals surface area contributed by atoms with Crippen LogP contribution in [0.4, 0.5) is 4.79 Å². The van der Waals surface area contributed by atoms with E-state index >= 15 is 0 Å². The van der Waals surface area contributed by atoms with Gasteiger partial charge in [0.15, 0.2) is 0 Å². The van der Waals surface area contributed by atoms with E-state index in [9.17, 15) is 4.79 Å². The lowest BCUT2D eigenvalue weighted by Gasteiger charge is -2.37. The van der Waals surface area contributed by atoms with Gasteiger partial charge in [-0.25, -0.2) is 4.79 Å². The predicted octanol–water partition coefficient (Wildman–Crippen LogP) is 3.33. The van der Waals surface area contributed by atoms with Crippen LogP contribution in [0.2, 0.25) is 0 Å². The smallest absolute Gasteiger partial charge is 0.410 e. The van der Waals surface area contributed by atoms with E-state index in [1.54, 1.807) is 4.90 Å². The zero-order valence-corrected chi connectivity index (χ0v) is 13.8. The van der Waals surface area contributed by atoms with Crippen molar-refractivity contribution in [1.82, 2.24) is 10.2 Å². The standard InChI is InChI=1S/C16H30N2O2/c1-15(2,3)18(14(19)20-16(4,5)6)12-11-17-13-9-7-8-10-13/h7-8,13,17H,9-12H2,1-6H3. The lowest BCUT2D eigenvalue weighted by atomic mass is 10.1. The molecule has 4 heteroatoms. The number of ether oxygens (including phenoxy) is 1. The van der Waals surface area contributed by atoms with Crippen molar-refractivity contribution in [2.45, 2.75) is 71.6 Å². The Labute approximate surface area is 123 Å². The highest BCUT2D eigenvalue weighted by atomic mass is 16.6. The Bertz CT molecular complexity index is 342. The van der Waals surface area contributed by atoms with Crippen molar-refractivity contribution in [3.05, 3.63) is 12.2 Å². The molecule has 0 spiro atoms. The van der Waals surface area contributed by atoms with Gasteiger partial charge in [0.25, 0.3) is 0 Å². The highest BCUT2D eigenvalue weighted by Crippen LogP contribution is 2.18. The van der Waals surface area contributed by atoms with E-state index in [1.807, 2.05) is 41.5 Å². The third-order valence-corrected chi connectivity index (χ3v) is 3.20. The van der Waals surface area contributed by atoms with Crippen LogP contribution in [0.5, 0.6) is 0 Å². The molecule has 0 aromatic rings. The first-order valence-electron chi connectivity index (χ1n) is 7.48. The molecule has 0 saturated carbocycles. The highest BCUT2D eigenvalue weighted by Gasteiger charge is 2.30. The number of carbonyl (C=O) groups excluding carboxylic acids is 1. The molecule has 0 bridgehead atoms. The van der Waals surface area contributed by atoms with Crippen molar-refractivity contribution in [2.24, 2.45) is 0 Å². The molecule has 1 aliphatic rings. The normalized spacial score (nSPS) is 16.5. The lowest BCUT2D eigenvalue weighted by Crippen LogP contribution is -2.50. The van der Waals surface area contributed by atoms with Gasteiger partial charge in [0, 0.05) is 24.7 Å². The van der Waals surface area contributed by atoms with Crippen LogP contribution in [0.25, 0.3) is 0 Å². The van der Waals surface area contributed by atoms with E-state index in [1.165, 1.54) is 0 Å². The Balaban J connectivity index is 2.49. The molecule has 1 N–H and O–H groups in total. The molecule has 116 valence electrons. The summed E-state index contributed by atoms with van der Waals surface area (Å²) in [7, 11) is 0. The SMILES string of the molecule is CC(C)(C)OC(=O)N(CCNC1CC=CC1)C(C)(C)C. The van der Waals surface area contributed by atoms with Gasteiger partial charge >= 0.3 is 6.09 Å². The molecule has 0 fully saturated rings. The maximum absolute atomic E-state index is 12.3. The largest absolute Gasteiger partial charge is 0.444 e. The summed E-state index contributed by atoms with van der Waals surface area (Å²) in [5, 5.41) is 3.49. The molecule has 1 aliphatic carbocycles. The Morgan fingerprint density at radius 3 is 2.20 bits per heavy atom. The topological polar surface area (TPSA) is 41.6 Å². The van der Waals surface area contributed by atoms with Gasteiger partial charge in [-0.2, -0.15) is 0 Å². The second kappa shape index (κ2) is 6.61. The van der Waals surface area contributed by atoms with E-state index in [0.29, 0.717) is 12.6 Å². The molecule has 0 aromatic heterocycles. The summed E-state index contributed by atoms with van der Waals surface area (Å²) >= 11 is 0. The molecule has 4 nitrogen and oxygen atoms in total. The lowest BCUT2D eigenvalue weighted by molar-refractivity contribution is 0.00648. The summed E-state index contributed by atoms with van der Waals surface area (Å²) in [4.78, 5) is 14.1. The third-order valence-electron chi connectivity index (χ3n) is 3.20. The molecule has 0 aromatic carbocycles. The average molecular weight is 282 g/mol. The van der Waals surface area contributed by atoms with Crippen molar-refractivity contribution in [2.75, 3.05) is 13.1 Å². The Hall–Kier alpha value is -1.03. The van der Waals surface area contributed by atoms with Crippen molar-refractivity contribution >= 4 is 6.09 Å². The van der Waals surface area contributed by atoms with Crippen LogP contribution in [0.15, 0.2) is 12.2 Å². The number of nitrogens with one attached hydrogen (secondary N) is 1. The second-order valence-electron chi connectivity index (χ2n) is 7.40. The summed E-state index contributed by atoms with van der Waals surface area (Å²) in [5.41, 5.74) is -0.693. The molecule has 0 heterocycles. The minimum absolute atomic E-state index is 0.238. The summed E-state index contributed by atoms with van der Waals surface area (Å²) in [6.45, 7) is 13.3. The van der Waals surface area contributed by atoms with Crippen LogP contribution in [0.3, 0.4) is 0 Å². The highest BCUT2D eigenvalue weighted by molar-refractivity contribution is 5.69. The molecule has 0 unspecified atom stereocenters. The minimum atomic E-state index is -0.455. The van der Waals surface area contributed by atoms with Crippen LogP contribution >= 0.6 is 0 Å².